The summed E-state index contributed by atoms with van der Waals surface area (Å²) in [5, 5.41) is 12.6. The zero-order valence-corrected chi connectivity index (χ0v) is 16.4. The van der Waals surface area contributed by atoms with Gasteiger partial charge in [-0.15, -0.1) is 0 Å². The van der Waals surface area contributed by atoms with Crippen LogP contribution in [0.1, 0.15) is 40.2 Å². The molecule has 2 N–H and O–H groups in total. The number of carboxylic acid groups (broad SMARTS) is 1. The first kappa shape index (κ1) is 20.2. The smallest absolute Gasteiger partial charge is 0.354 e. The highest BCUT2D eigenvalue weighted by atomic mass is 19.1. The van der Waals surface area contributed by atoms with Crippen molar-refractivity contribution < 1.29 is 19.0 Å². The van der Waals surface area contributed by atoms with E-state index in [9.17, 15) is 9.18 Å². The maximum absolute atomic E-state index is 14.2. The van der Waals surface area contributed by atoms with Crippen molar-refractivity contribution in [2.75, 3.05) is 26.2 Å². The number of rotatable bonds is 6. The monoisotopic (exact) mass is 387 g/mol. The Balaban J connectivity index is 1.86. The Labute approximate surface area is 164 Å². The third kappa shape index (κ3) is 4.85. The van der Waals surface area contributed by atoms with Gasteiger partial charge in [-0.05, 0) is 49.6 Å². The van der Waals surface area contributed by atoms with Gasteiger partial charge in [0.15, 0.2) is 5.69 Å². The van der Waals surface area contributed by atoms with E-state index >= 15 is 0 Å². The number of nitrogens with zero attached hydrogens (tertiary/aromatic N) is 2. The molecule has 6 nitrogen and oxygen atoms in total. The first-order valence-corrected chi connectivity index (χ1v) is 9.42. The van der Waals surface area contributed by atoms with Gasteiger partial charge in [0.05, 0.1) is 6.20 Å². The molecule has 0 spiro atoms. The van der Waals surface area contributed by atoms with Gasteiger partial charge in [-0.2, -0.15) is 0 Å². The molecule has 1 aromatic carbocycles. The Kier molecular flexibility index (Phi) is 6.26. The van der Waals surface area contributed by atoms with E-state index in [2.05, 4.69) is 22.1 Å². The number of benzene rings is 1. The minimum Gasteiger partial charge on any atom is -0.483 e. The number of halogens is 1. The number of piperazine rings is 1. The Morgan fingerprint density at radius 3 is 2.82 bits per heavy atom. The molecule has 3 rings (SSSR count). The lowest BCUT2D eigenvalue weighted by Gasteiger charge is -2.34. The molecular weight excluding hydrogens is 361 g/mol. The number of carbonyl (C=O) groups is 1. The fraction of sp³-hybridized carbons (Fsp3) is 0.429. The van der Waals surface area contributed by atoms with Crippen molar-refractivity contribution in [2.24, 2.45) is 0 Å². The van der Waals surface area contributed by atoms with Crippen molar-refractivity contribution >= 4 is 5.97 Å². The predicted octanol–water partition coefficient (Wildman–Crippen LogP) is 2.95. The van der Waals surface area contributed by atoms with E-state index in [-0.39, 0.29) is 11.5 Å². The summed E-state index contributed by atoms with van der Waals surface area (Å²) in [5.41, 5.74) is 1.85. The Bertz CT molecular complexity index is 859. The van der Waals surface area contributed by atoms with Crippen molar-refractivity contribution in [3.63, 3.8) is 0 Å². The lowest BCUT2D eigenvalue weighted by atomic mass is 10.1. The fourth-order valence-corrected chi connectivity index (χ4v) is 3.43. The van der Waals surface area contributed by atoms with E-state index in [1.165, 1.54) is 12.3 Å². The molecule has 0 unspecified atom stereocenters. The van der Waals surface area contributed by atoms with Crippen LogP contribution in [0.4, 0.5) is 4.39 Å². The molecule has 0 aliphatic carbocycles. The molecule has 1 fully saturated rings. The van der Waals surface area contributed by atoms with Crippen molar-refractivity contribution in [2.45, 2.75) is 32.9 Å². The van der Waals surface area contributed by atoms with Crippen molar-refractivity contribution in [3.05, 3.63) is 58.7 Å². The summed E-state index contributed by atoms with van der Waals surface area (Å²) in [4.78, 5) is 17.5. The van der Waals surface area contributed by atoms with E-state index in [1.807, 2.05) is 6.07 Å². The van der Waals surface area contributed by atoms with Gasteiger partial charge >= 0.3 is 5.97 Å². The summed E-state index contributed by atoms with van der Waals surface area (Å²) >= 11 is 0. The molecule has 1 aliphatic heterocycles. The molecule has 1 saturated heterocycles. The van der Waals surface area contributed by atoms with Crippen molar-refractivity contribution in [1.82, 2.24) is 15.2 Å². The minimum atomic E-state index is -1.07. The van der Waals surface area contributed by atoms with Crippen molar-refractivity contribution in [3.8, 4) is 5.75 Å². The normalized spacial score (nSPS) is 18.6. The average Bonchev–Trinajstić information content (AvgIpc) is 2.63. The number of pyridine rings is 1. The van der Waals surface area contributed by atoms with Crippen LogP contribution < -0.4 is 10.1 Å². The van der Waals surface area contributed by atoms with Gasteiger partial charge in [-0.25, -0.2) is 14.2 Å². The van der Waals surface area contributed by atoms with Crippen molar-refractivity contribution in [1.29, 1.82) is 0 Å². The molecule has 1 aliphatic rings. The minimum absolute atomic E-state index is 0.00112. The first-order valence-electron chi connectivity index (χ1n) is 9.42. The molecule has 2 atom stereocenters. The van der Waals surface area contributed by atoms with Crippen LogP contribution in [-0.4, -0.2) is 53.2 Å². The van der Waals surface area contributed by atoms with Gasteiger partial charge in [0.1, 0.15) is 17.7 Å². The van der Waals surface area contributed by atoms with Crippen LogP contribution in [0.25, 0.3) is 0 Å². The van der Waals surface area contributed by atoms with Gasteiger partial charge in [0.2, 0.25) is 0 Å². The van der Waals surface area contributed by atoms with E-state index in [0.29, 0.717) is 29.5 Å². The third-order valence-corrected chi connectivity index (χ3v) is 4.98. The number of carboxylic acids is 1. The summed E-state index contributed by atoms with van der Waals surface area (Å²) < 4.78 is 20.3. The van der Waals surface area contributed by atoms with E-state index in [4.69, 9.17) is 9.84 Å². The van der Waals surface area contributed by atoms with Gasteiger partial charge in [0, 0.05) is 32.2 Å². The van der Waals surface area contributed by atoms with Crippen LogP contribution in [0.2, 0.25) is 0 Å². The van der Waals surface area contributed by atoms with Gasteiger partial charge in [-0.3, -0.25) is 4.90 Å². The second kappa shape index (κ2) is 8.67. The zero-order chi connectivity index (χ0) is 20.3. The summed E-state index contributed by atoms with van der Waals surface area (Å²) in [5.74, 6) is -0.872. The maximum Gasteiger partial charge on any atom is 0.354 e. The molecule has 2 aromatic rings. The van der Waals surface area contributed by atoms with Gasteiger partial charge < -0.3 is 15.2 Å². The standard InChI is InChI=1S/C21H26FN3O3/c1-13-4-5-16(9-18(13)22)19(12-25-7-6-23-15(3)11-25)28-17-8-14(2)20(21(26)27)24-10-17/h4-5,8-10,15,19,23H,6-7,11-12H2,1-3H3,(H,26,27)/t15-,19-/m1/s1. The van der Waals surface area contributed by atoms with Gasteiger partial charge in [0.25, 0.3) is 0 Å². The van der Waals surface area contributed by atoms with E-state index in [1.54, 1.807) is 26.0 Å². The summed E-state index contributed by atoms with van der Waals surface area (Å²) in [7, 11) is 0. The van der Waals surface area contributed by atoms with Gasteiger partial charge in [-0.1, -0.05) is 12.1 Å². The molecule has 28 heavy (non-hydrogen) atoms. The highest BCUT2D eigenvalue weighted by Gasteiger charge is 2.23. The second-order valence-electron chi connectivity index (χ2n) is 7.37. The summed E-state index contributed by atoms with van der Waals surface area (Å²) in [6.07, 6.45) is 1.02. The average molecular weight is 387 g/mol. The molecule has 0 bridgehead atoms. The lowest BCUT2D eigenvalue weighted by molar-refractivity contribution is 0.0689. The van der Waals surface area contributed by atoms with Crippen LogP contribution in [-0.2, 0) is 0 Å². The fourth-order valence-electron chi connectivity index (χ4n) is 3.43. The largest absolute Gasteiger partial charge is 0.483 e. The maximum atomic E-state index is 14.2. The molecular formula is C21H26FN3O3. The summed E-state index contributed by atoms with van der Waals surface area (Å²) in [6.45, 7) is 8.80. The van der Waals surface area contributed by atoms with Crippen LogP contribution in [0, 0.1) is 19.7 Å². The molecule has 2 heterocycles. The SMILES string of the molecule is Cc1ccc([C@@H](CN2CCN[C@H](C)C2)Oc2cnc(C(=O)O)c(C)c2)cc1F. The number of aromatic carboxylic acids is 1. The number of hydrogen-bond donors (Lipinski definition) is 2. The lowest BCUT2D eigenvalue weighted by Crippen LogP contribution is -2.50. The Morgan fingerprint density at radius 1 is 1.39 bits per heavy atom. The molecule has 1 aromatic heterocycles. The second-order valence-corrected chi connectivity index (χ2v) is 7.37. The predicted molar refractivity (Wildman–Crippen MR) is 104 cm³/mol. The molecule has 0 amide bonds. The summed E-state index contributed by atoms with van der Waals surface area (Å²) in [6, 6.07) is 7.17. The van der Waals surface area contributed by atoms with E-state index < -0.39 is 12.1 Å². The van der Waals surface area contributed by atoms with E-state index in [0.717, 1.165) is 25.2 Å². The molecule has 7 heteroatoms. The van der Waals surface area contributed by atoms with Crippen LogP contribution >= 0.6 is 0 Å². The quantitative estimate of drug-likeness (QED) is 0.794. The zero-order valence-electron chi connectivity index (χ0n) is 16.4. The Morgan fingerprint density at radius 2 is 2.18 bits per heavy atom. The highest BCUT2D eigenvalue weighted by molar-refractivity contribution is 5.87. The van der Waals surface area contributed by atoms with Crippen LogP contribution in [0.15, 0.2) is 30.5 Å². The number of aryl methyl sites for hydroxylation is 2. The highest BCUT2D eigenvalue weighted by Crippen LogP contribution is 2.26. The molecule has 0 radical (unpaired) electrons. The number of hydrogen-bond acceptors (Lipinski definition) is 5. The third-order valence-electron chi connectivity index (χ3n) is 4.98. The molecule has 150 valence electrons. The molecule has 0 saturated carbocycles. The number of nitrogens with one attached hydrogen (secondary N) is 1. The Hall–Kier alpha value is -2.51. The topological polar surface area (TPSA) is 74.7 Å². The number of aromatic nitrogens is 1. The number of ether oxygens (including phenoxy) is 1. The van der Waals surface area contributed by atoms with Crippen LogP contribution in [0.5, 0.6) is 5.75 Å². The van der Waals surface area contributed by atoms with Crippen LogP contribution in [0.3, 0.4) is 0 Å². The first-order chi connectivity index (χ1) is 13.3.